The predicted molar refractivity (Wildman–Crippen MR) is 131 cm³/mol. The molecule has 0 aromatic rings. The Kier molecular flexibility index (Phi) is 13.8. The van der Waals surface area contributed by atoms with Crippen molar-refractivity contribution in [3.8, 4) is 0 Å². The molecule has 0 amide bonds. The van der Waals surface area contributed by atoms with Crippen LogP contribution in [0.4, 0.5) is 0 Å². The molecule has 0 fully saturated rings. The summed E-state index contributed by atoms with van der Waals surface area (Å²) in [7, 11) is -4.71. The van der Waals surface area contributed by atoms with Crippen molar-refractivity contribution >= 4 is 16.1 Å². The van der Waals surface area contributed by atoms with Crippen LogP contribution in [0.3, 0.4) is 0 Å². The van der Waals surface area contributed by atoms with Crippen molar-refractivity contribution < 1.29 is 20.4 Å². The Morgan fingerprint density at radius 1 is 0.483 bits per heavy atom. The van der Waals surface area contributed by atoms with Crippen LogP contribution in [0.2, 0.25) is 36.3 Å². The molecule has 0 aliphatic heterocycles. The van der Waals surface area contributed by atoms with E-state index in [0.29, 0.717) is 0 Å². The third-order valence-corrected chi connectivity index (χ3v) is 23.6. The molecule has 0 radical (unpaired) electrons. The zero-order chi connectivity index (χ0) is 22.6. The molecule has 0 saturated carbocycles. The molecule has 176 valence electrons. The van der Waals surface area contributed by atoms with Crippen LogP contribution >= 0.6 is 0 Å². The summed E-state index contributed by atoms with van der Waals surface area (Å²) in [5.74, 6) is 0. The number of rotatable bonds is 18. The maximum atomic E-state index is 13.2. The Morgan fingerprint density at radius 2 is 0.690 bits per heavy atom. The van der Waals surface area contributed by atoms with Crippen LogP contribution in [0.5, 0.6) is 0 Å². The Balaban J connectivity index is 7.34. The highest BCUT2D eigenvalue weighted by Crippen LogP contribution is 2.55. The normalized spacial score (nSPS) is 13.9. The second-order valence-corrected chi connectivity index (χ2v) is 19.6. The monoisotopic (exact) mass is 448 g/mol. The smallest absolute Gasteiger partial charge is 0.0881 e. The topological polar surface area (TPSA) is 80.9 Å². The van der Waals surface area contributed by atoms with Gasteiger partial charge in [-0.15, -0.1) is 0 Å². The molecule has 0 aliphatic carbocycles. The summed E-state index contributed by atoms with van der Waals surface area (Å²) in [5.41, 5.74) is -1.20. The van der Waals surface area contributed by atoms with E-state index in [0.717, 1.165) is 74.8 Å². The van der Waals surface area contributed by atoms with Gasteiger partial charge in [0.25, 0.3) is 0 Å². The minimum absolute atomic E-state index is 0.339. The van der Waals surface area contributed by atoms with E-state index < -0.39 is 26.4 Å². The van der Waals surface area contributed by atoms with Gasteiger partial charge in [-0.1, -0.05) is 116 Å². The van der Waals surface area contributed by atoms with Crippen LogP contribution in [0.25, 0.3) is 0 Å². The summed E-state index contributed by atoms with van der Waals surface area (Å²) in [4.78, 5) is -1.07. The summed E-state index contributed by atoms with van der Waals surface area (Å²) in [6.45, 7) is 12.2. The van der Waals surface area contributed by atoms with E-state index in [4.69, 9.17) is 0 Å². The molecule has 0 aliphatic rings. The van der Waals surface area contributed by atoms with Crippen molar-refractivity contribution in [2.75, 3.05) is 19.8 Å². The number of hydrogen-bond acceptors (Lipinski definition) is 4. The van der Waals surface area contributed by atoms with E-state index in [-0.39, 0.29) is 19.8 Å². The van der Waals surface area contributed by atoms with E-state index in [2.05, 4.69) is 41.5 Å². The molecule has 0 bridgehead atoms. The molecule has 0 spiro atoms. The fourth-order valence-electron chi connectivity index (χ4n) is 6.89. The average Bonchev–Trinajstić information content (AvgIpc) is 2.70. The number of aliphatic hydroxyl groups is 4. The predicted octanol–water partition coefficient (Wildman–Crippen LogP) is 5.12. The van der Waals surface area contributed by atoms with Gasteiger partial charge in [0.15, 0.2) is 0 Å². The largest absolute Gasteiger partial charge is 0.396 e. The highest BCUT2D eigenvalue weighted by atomic mass is 28.4. The van der Waals surface area contributed by atoms with E-state index in [1.54, 1.807) is 0 Å². The molecule has 0 atom stereocenters. The van der Waals surface area contributed by atoms with Gasteiger partial charge in [0.1, 0.15) is 0 Å². The second-order valence-electron chi connectivity index (χ2n) is 9.53. The van der Waals surface area contributed by atoms with Gasteiger partial charge in [-0.25, -0.2) is 0 Å². The minimum atomic E-state index is -2.36. The summed E-state index contributed by atoms with van der Waals surface area (Å²) < 4.78 is 0. The first kappa shape index (κ1) is 29.3. The molecule has 4 N–H and O–H groups in total. The van der Waals surface area contributed by atoms with Crippen molar-refractivity contribution in [3.05, 3.63) is 0 Å². The molecular weight excluding hydrogens is 396 g/mol. The zero-order valence-corrected chi connectivity index (χ0v) is 22.4. The third-order valence-electron chi connectivity index (χ3n) is 7.58. The van der Waals surface area contributed by atoms with E-state index in [1.165, 1.54) is 0 Å². The van der Waals surface area contributed by atoms with Gasteiger partial charge in [-0.05, 0) is 0 Å². The quantitative estimate of drug-likeness (QED) is 0.219. The first-order chi connectivity index (χ1) is 13.8. The lowest BCUT2D eigenvalue weighted by Crippen LogP contribution is -2.82. The second kappa shape index (κ2) is 13.6. The van der Waals surface area contributed by atoms with Gasteiger partial charge in [-0.3, -0.25) is 0 Å². The first-order valence-electron chi connectivity index (χ1n) is 12.3. The Bertz CT molecular complexity index is 359. The molecule has 29 heavy (non-hydrogen) atoms. The Labute approximate surface area is 183 Å². The van der Waals surface area contributed by atoms with Crippen LogP contribution < -0.4 is 0 Å². The zero-order valence-electron chi connectivity index (χ0n) is 20.4. The maximum absolute atomic E-state index is 13.2. The van der Waals surface area contributed by atoms with Gasteiger partial charge < -0.3 is 20.4 Å². The fourth-order valence-corrected chi connectivity index (χ4v) is 25.8. The van der Waals surface area contributed by atoms with E-state index in [9.17, 15) is 20.4 Å². The summed E-state index contributed by atoms with van der Waals surface area (Å²) in [5, 5.41) is 45.0. The maximum Gasteiger partial charge on any atom is 0.0881 e. The van der Waals surface area contributed by atoms with Crippen molar-refractivity contribution in [2.45, 2.75) is 121 Å². The van der Waals surface area contributed by atoms with Gasteiger partial charge in [0, 0.05) is 0 Å². The highest BCUT2D eigenvalue weighted by molar-refractivity contribution is 7.01. The molecule has 0 unspecified atom stereocenters. The van der Waals surface area contributed by atoms with Gasteiger partial charge in [-0.2, -0.15) is 0 Å². The van der Waals surface area contributed by atoms with Crippen LogP contribution in [-0.2, 0) is 0 Å². The van der Waals surface area contributed by atoms with Crippen LogP contribution in [0.15, 0.2) is 0 Å². The lowest BCUT2D eigenvalue weighted by Gasteiger charge is -2.64. The average molecular weight is 449 g/mol. The SMILES string of the molecule is CCC[Si](CCC)(CCC)C(O)(C(CO)(CO)CO)[Si](CCC)(CCC)CCC. The van der Waals surface area contributed by atoms with Crippen LogP contribution in [-0.4, -0.2) is 61.2 Å². The molecule has 0 aromatic carbocycles. The lowest BCUT2D eigenvalue weighted by atomic mass is 9.91. The molecule has 0 heterocycles. The molecule has 4 nitrogen and oxygen atoms in total. The lowest BCUT2D eigenvalue weighted by molar-refractivity contribution is -0.0820. The number of aliphatic hydroxyl groups excluding tert-OH is 3. The number of hydrogen-bond donors (Lipinski definition) is 4. The Hall–Kier alpha value is 0.274. The fraction of sp³-hybridized carbons (Fsp3) is 1.00. The van der Waals surface area contributed by atoms with Gasteiger partial charge >= 0.3 is 0 Å². The molecular formula is C23H52O4Si2. The van der Waals surface area contributed by atoms with Gasteiger partial charge in [0.2, 0.25) is 0 Å². The summed E-state index contributed by atoms with van der Waals surface area (Å²) in [6.07, 6.45) is 6.09. The molecule has 0 saturated heterocycles. The van der Waals surface area contributed by atoms with E-state index >= 15 is 0 Å². The minimum Gasteiger partial charge on any atom is -0.396 e. The van der Waals surface area contributed by atoms with Crippen molar-refractivity contribution in [3.63, 3.8) is 0 Å². The third kappa shape index (κ3) is 5.37. The summed E-state index contributed by atoms with van der Waals surface area (Å²) >= 11 is 0. The van der Waals surface area contributed by atoms with Gasteiger partial charge in [0.05, 0.1) is 46.2 Å². The molecule has 6 heteroatoms. The first-order valence-corrected chi connectivity index (χ1v) is 17.6. The van der Waals surface area contributed by atoms with E-state index in [1.807, 2.05) is 0 Å². The van der Waals surface area contributed by atoms with Crippen molar-refractivity contribution in [1.29, 1.82) is 0 Å². The van der Waals surface area contributed by atoms with Crippen LogP contribution in [0.1, 0.15) is 80.1 Å². The Morgan fingerprint density at radius 3 is 0.828 bits per heavy atom. The van der Waals surface area contributed by atoms with Crippen LogP contribution in [0, 0.1) is 5.41 Å². The highest BCUT2D eigenvalue weighted by Gasteiger charge is 2.70. The summed E-state index contributed by atoms with van der Waals surface area (Å²) in [6, 6.07) is 6.08. The standard InChI is InChI=1S/C23H52O4Si2/c1-7-13-28(14-8-2,15-9-3)23(27,22(19-24,20-25)21-26)29(16-10-4,17-11-5)18-12-6/h24-27H,7-21H2,1-6H3. The molecule has 0 aromatic heterocycles. The molecule has 0 rings (SSSR count). The van der Waals surface area contributed by atoms with Crippen molar-refractivity contribution in [1.82, 2.24) is 0 Å². The van der Waals surface area contributed by atoms with Crippen molar-refractivity contribution in [2.24, 2.45) is 5.41 Å².